The minimum absolute atomic E-state index is 0.0967. The number of thioether (sulfide) groups is 1. The van der Waals surface area contributed by atoms with E-state index in [-0.39, 0.29) is 11.2 Å². The number of ketones is 1. The van der Waals surface area contributed by atoms with Crippen LogP contribution in [0.4, 0.5) is 0 Å². The smallest absolute Gasteiger partial charge is 0.162 e. The van der Waals surface area contributed by atoms with Crippen molar-refractivity contribution in [2.24, 2.45) is 0 Å². The number of carbonyl (C=O) groups is 1. The Bertz CT molecular complexity index is 1000. The number of benzene rings is 2. The van der Waals surface area contributed by atoms with Gasteiger partial charge >= 0.3 is 0 Å². The lowest BCUT2D eigenvalue weighted by Gasteiger charge is -2.22. The lowest BCUT2D eigenvalue weighted by Crippen LogP contribution is -2.15. The van der Waals surface area contributed by atoms with E-state index in [2.05, 4.69) is 74.6 Å². The van der Waals surface area contributed by atoms with Gasteiger partial charge in [-0.1, -0.05) is 75.0 Å². The lowest BCUT2D eigenvalue weighted by molar-refractivity contribution is 0.0988. The summed E-state index contributed by atoms with van der Waals surface area (Å²) in [4.78, 5) is 14.7. The summed E-state index contributed by atoms with van der Waals surface area (Å²) >= 11 is 1.82. The lowest BCUT2D eigenvalue weighted by atomic mass is 9.82. The molecule has 0 spiro atoms. The van der Waals surface area contributed by atoms with Gasteiger partial charge in [0.15, 0.2) is 5.78 Å². The molecule has 2 heteroatoms. The Morgan fingerprint density at radius 1 is 1.04 bits per heavy atom. The third-order valence-electron chi connectivity index (χ3n) is 5.49. The van der Waals surface area contributed by atoms with Crippen LogP contribution in [0.1, 0.15) is 55.1 Å². The van der Waals surface area contributed by atoms with Crippen LogP contribution in [-0.2, 0) is 5.41 Å². The first kappa shape index (κ1) is 18.1. The highest BCUT2D eigenvalue weighted by atomic mass is 32.2. The average Bonchev–Trinajstić information content (AvgIpc) is 2.85. The fourth-order valence-electron chi connectivity index (χ4n) is 3.93. The maximum atomic E-state index is 12.2. The highest BCUT2D eigenvalue weighted by Gasteiger charge is 2.36. The Balaban J connectivity index is 1.72. The van der Waals surface area contributed by atoms with Gasteiger partial charge in [-0.15, -0.1) is 0 Å². The topological polar surface area (TPSA) is 17.1 Å². The molecule has 1 nitrogen and oxygen atoms in total. The van der Waals surface area contributed by atoms with Crippen LogP contribution in [-0.4, -0.2) is 5.78 Å². The Morgan fingerprint density at radius 3 is 2.56 bits per heavy atom. The molecule has 0 saturated carbocycles. The van der Waals surface area contributed by atoms with Gasteiger partial charge in [-0.05, 0) is 52.9 Å². The van der Waals surface area contributed by atoms with Gasteiger partial charge < -0.3 is 0 Å². The predicted octanol–water partition coefficient (Wildman–Crippen LogP) is 7.08. The first-order chi connectivity index (χ1) is 13.0. The molecule has 0 radical (unpaired) electrons. The van der Waals surface area contributed by atoms with Crippen LogP contribution >= 0.6 is 11.8 Å². The van der Waals surface area contributed by atoms with Gasteiger partial charge in [0, 0.05) is 27.2 Å². The molecule has 136 valence electrons. The monoisotopic (exact) mass is 372 g/mol. The summed E-state index contributed by atoms with van der Waals surface area (Å²) in [7, 11) is 0. The number of hydrogen-bond acceptors (Lipinski definition) is 2. The summed E-state index contributed by atoms with van der Waals surface area (Å²) in [6.07, 6.45) is 12.3. The molecule has 2 aliphatic carbocycles. The zero-order valence-electron chi connectivity index (χ0n) is 16.1. The number of rotatable bonds is 4. The fraction of sp³-hybridized carbons (Fsp3) is 0.240. The molecular weight excluding hydrogens is 348 g/mol. The largest absolute Gasteiger partial charge is 0.294 e. The quantitative estimate of drug-likeness (QED) is 0.533. The predicted molar refractivity (Wildman–Crippen MR) is 115 cm³/mol. The molecule has 27 heavy (non-hydrogen) atoms. The molecule has 0 unspecified atom stereocenters. The van der Waals surface area contributed by atoms with Crippen LogP contribution in [0, 0.1) is 0 Å². The Hall–Kier alpha value is -2.32. The Labute approximate surface area is 165 Å². The van der Waals surface area contributed by atoms with E-state index in [1.807, 2.05) is 24.8 Å². The van der Waals surface area contributed by atoms with Crippen molar-refractivity contribution in [2.75, 3.05) is 0 Å². The van der Waals surface area contributed by atoms with Crippen LogP contribution in [0.2, 0.25) is 0 Å². The molecule has 0 aliphatic heterocycles. The van der Waals surface area contributed by atoms with Crippen molar-refractivity contribution < 1.29 is 4.79 Å². The SMILES string of the molecule is CCC(=O)c1ccc2c(c1)C(C)(C)c1cc(SC3=CCC=CC=C3)ccc1-2. The van der Waals surface area contributed by atoms with E-state index in [1.165, 1.54) is 32.1 Å². The van der Waals surface area contributed by atoms with Gasteiger partial charge in [0.05, 0.1) is 0 Å². The summed E-state index contributed by atoms with van der Waals surface area (Å²) in [5.74, 6) is 0.210. The molecule has 0 fully saturated rings. The molecule has 0 amide bonds. The van der Waals surface area contributed by atoms with Crippen molar-refractivity contribution in [1.82, 2.24) is 0 Å². The van der Waals surface area contributed by atoms with E-state index in [9.17, 15) is 4.79 Å². The van der Waals surface area contributed by atoms with Crippen LogP contribution in [0.3, 0.4) is 0 Å². The molecule has 2 aliphatic rings. The minimum atomic E-state index is -0.0967. The number of fused-ring (bicyclic) bond motifs is 3. The third kappa shape index (κ3) is 3.23. The van der Waals surface area contributed by atoms with Gasteiger partial charge in [0.2, 0.25) is 0 Å². The Morgan fingerprint density at radius 2 is 1.78 bits per heavy atom. The van der Waals surface area contributed by atoms with E-state index in [4.69, 9.17) is 0 Å². The van der Waals surface area contributed by atoms with E-state index >= 15 is 0 Å². The second kappa shape index (κ2) is 7.01. The van der Waals surface area contributed by atoms with Crippen LogP contribution in [0.5, 0.6) is 0 Å². The maximum Gasteiger partial charge on any atom is 0.162 e. The summed E-state index contributed by atoms with van der Waals surface area (Å²) in [6.45, 7) is 6.45. The molecule has 0 heterocycles. The normalized spacial score (nSPS) is 16.5. The molecule has 2 aromatic carbocycles. The number of carbonyl (C=O) groups excluding carboxylic acids is 1. The van der Waals surface area contributed by atoms with Crippen molar-refractivity contribution in [3.63, 3.8) is 0 Å². The number of hydrogen-bond donors (Lipinski definition) is 0. The van der Waals surface area contributed by atoms with Crippen LogP contribution in [0.15, 0.2) is 76.6 Å². The highest BCUT2D eigenvalue weighted by molar-refractivity contribution is 8.03. The molecule has 0 atom stereocenters. The first-order valence-corrected chi connectivity index (χ1v) is 10.4. The van der Waals surface area contributed by atoms with E-state index < -0.39 is 0 Å². The van der Waals surface area contributed by atoms with E-state index in [0.29, 0.717) is 6.42 Å². The second-order valence-corrected chi connectivity index (χ2v) is 8.75. The molecule has 4 rings (SSSR count). The molecule has 2 aromatic rings. The standard InChI is InChI=1S/C25H24OS/c1-4-24(26)17-11-13-20-21-14-12-19(27-18-9-7-5-6-8-10-18)16-23(21)25(2,3)22(20)15-17/h5-7,9-16H,4,8H2,1-3H3. The second-order valence-electron chi connectivity index (χ2n) is 7.60. The van der Waals surface area contributed by atoms with Crippen molar-refractivity contribution >= 4 is 17.5 Å². The fourth-order valence-corrected chi connectivity index (χ4v) is 4.84. The van der Waals surface area contributed by atoms with E-state index in [1.54, 1.807) is 0 Å². The third-order valence-corrected chi connectivity index (χ3v) is 6.52. The highest BCUT2D eigenvalue weighted by Crippen LogP contribution is 2.50. The van der Waals surface area contributed by atoms with E-state index in [0.717, 1.165) is 12.0 Å². The van der Waals surface area contributed by atoms with Crippen molar-refractivity contribution in [3.8, 4) is 11.1 Å². The molecule has 0 saturated heterocycles. The van der Waals surface area contributed by atoms with Crippen molar-refractivity contribution in [3.05, 3.63) is 88.4 Å². The van der Waals surface area contributed by atoms with Crippen LogP contribution < -0.4 is 0 Å². The molecular formula is C25H24OS. The zero-order chi connectivity index (χ0) is 19.0. The number of allylic oxidation sites excluding steroid dienone is 5. The van der Waals surface area contributed by atoms with Crippen molar-refractivity contribution in [1.29, 1.82) is 0 Å². The average molecular weight is 373 g/mol. The van der Waals surface area contributed by atoms with Crippen molar-refractivity contribution in [2.45, 2.75) is 43.9 Å². The molecule has 0 aromatic heterocycles. The summed E-state index contributed by atoms with van der Waals surface area (Å²) in [5.41, 5.74) is 5.89. The molecule has 0 N–H and O–H groups in total. The van der Waals surface area contributed by atoms with Gasteiger partial charge in [-0.25, -0.2) is 0 Å². The van der Waals surface area contributed by atoms with Gasteiger partial charge in [0.1, 0.15) is 0 Å². The Kier molecular flexibility index (Phi) is 4.69. The first-order valence-electron chi connectivity index (χ1n) is 9.54. The number of Topliss-reactive ketones (excluding diaryl/α,β-unsaturated/α-hetero) is 1. The van der Waals surface area contributed by atoms with Gasteiger partial charge in [-0.2, -0.15) is 0 Å². The summed E-state index contributed by atoms with van der Waals surface area (Å²) in [6, 6.07) is 13.0. The molecule has 0 bridgehead atoms. The maximum absolute atomic E-state index is 12.2. The van der Waals surface area contributed by atoms with Gasteiger partial charge in [0.25, 0.3) is 0 Å². The summed E-state index contributed by atoms with van der Waals surface area (Å²) < 4.78 is 0. The minimum Gasteiger partial charge on any atom is -0.294 e. The summed E-state index contributed by atoms with van der Waals surface area (Å²) in [5, 5.41) is 0. The zero-order valence-corrected chi connectivity index (χ0v) is 16.9. The van der Waals surface area contributed by atoms with Crippen LogP contribution in [0.25, 0.3) is 11.1 Å². The van der Waals surface area contributed by atoms with Gasteiger partial charge in [-0.3, -0.25) is 4.79 Å².